The van der Waals surface area contributed by atoms with Crippen LogP contribution < -0.4 is 0 Å². The Kier molecular flexibility index (Phi) is 3.56. The molecule has 0 radical (unpaired) electrons. The van der Waals surface area contributed by atoms with E-state index >= 15 is 0 Å². The van der Waals surface area contributed by atoms with Gasteiger partial charge in [0.2, 0.25) is 9.84 Å². The molecule has 0 saturated carbocycles. The van der Waals surface area contributed by atoms with E-state index in [1.807, 2.05) is 0 Å². The van der Waals surface area contributed by atoms with Gasteiger partial charge in [0.25, 0.3) is 0 Å². The molecule has 0 heterocycles. The summed E-state index contributed by atoms with van der Waals surface area (Å²) in [5.74, 6) is -1.62. The number of sulfone groups is 1. The molecule has 2 aromatic carbocycles. The molecule has 7 heteroatoms. The molecule has 106 valence electrons. The van der Waals surface area contributed by atoms with Gasteiger partial charge < -0.3 is 0 Å². The Balaban J connectivity index is 2.75. The lowest BCUT2D eigenvalue weighted by Gasteiger charge is -2.14. The third-order valence-electron chi connectivity index (χ3n) is 2.60. The molecular formula is C13H8F4O2S. The van der Waals surface area contributed by atoms with Crippen molar-refractivity contribution in [3.8, 4) is 0 Å². The van der Waals surface area contributed by atoms with Crippen LogP contribution in [0.4, 0.5) is 17.6 Å². The summed E-state index contributed by atoms with van der Waals surface area (Å²) >= 11 is 0. The summed E-state index contributed by atoms with van der Waals surface area (Å²) in [6.45, 7) is 0. The first-order valence-electron chi connectivity index (χ1n) is 5.40. The largest absolute Gasteiger partial charge is 0.420 e. The van der Waals surface area contributed by atoms with Crippen LogP contribution in [-0.2, 0) is 16.0 Å². The van der Waals surface area contributed by atoms with E-state index in [0.29, 0.717) is 6.07 Å². The molecule has 0 fully saturated rings. The molecule has 20 heavy (non-hydrogen) atoms. The Morgan fingerprint density at radius 1 is 0.850 bits per heavy atom. The minimum Gasteiger partial charge on any atom is -0.218 e. The highest BCUT2D eigenvalue weighted by Crippen LogP contribution is 2.37. The van der Waals surface area contributed by atoms with Crippen LogP contribution in [0.3, 0.4) is 0 Å². The van der Waals surface area contributed by atoms with Crippen LogP contribution in [0.15, 0.2) is 58.3 Å². The van der Waals surface area contributed by atoms with Crippen molar-refractivity contribution in [3.63, 3.8) is 0 Å². The number of alkyl halides is 3. The summed E-state index contributed by atoms with van der Waals surface area (Å²) in [5, 5.41) is 0. The van der Waals surface area contributed by atoms with Crippen LogP contribution in [0.2, 0.25) is 0 Å². The van der Waals surface area contributed by atoms with Gasteiger partial charge in [-0.25, -0.2) is 12.8 Å². The van der Waals surface area contributed by atoms with Crippen molar-refractivity contribution in [2.75, 3.05) is 0 Å². The first-order chi connectivity index (χ1) is 9.24. The Labute approximate surface area is 112 Å². The summed E-state index contributed by atoms with van der Waals surface area (Å²) < 4.78 is 76.3. The maximum atomic E-state index is 13.4. The number of hydrogen-bond donors (Lipinski definition) is 0. The molecule has 0 atom stereocenters. The lowest BCUT2D eigenvalue weighted by molar-refractivity contribution is -0.142. The summed E-state index contributed by atoms with van der Waals surface area (Å²) in [6, 6.07) is 8.83. The van der Waals surface area contributed by atoms with E-state index in [1.54, 1.807) is 0 Å². The topological polar surface area (TPSA) is 34.1 Å². The molecule has 0 unspecified atom stereocenters. The first kappa shape index (κ1) is 14.5. The van der Waals surface area contributed by atoms with Crippen molar-refractivity contribution >= 4 is 9.84 Å². The fraction of sp³-hybridized carbons (Fsp3) is 0.0769. The second-order valence-corrected chi connectivity index (χ2v) is 5.85. The summed E-state index contributed by atoms with van der Waals surface area (Å²) in [4.78, 5) is -1.41. The van der Waals surface area contributed by atoms with Gasteiger partial charge in [-0.3, -0.25) is 0 Å². The maximum absolute atomic E-state index is 13.4. The Hall–Kier alpha value is -1.89. The number of halogens is 4. The van der Waals surface area contributed by atoms with Crippen molar-refractivity contribution in [3.05, 3.63) is 59.9 Å². The first-order valence-corrected chi connectivity index (χ1v) is 6.89. The van der Waals surface area contributed by atoms with E-state index in [1.165, 1.54) is 18.2 Å². The molecule has 2 rings (SSSR count). The van der Waals surface area contributed by atoms with E-state index in [4.69, 9.17) is 0 Å². The van der Waals surface area contributed by atoms with Gasteiger partial charge in [-0.1, -0.05) is 24.3 Å². The third kappa shape index (κ3) is 2.53. The van der Waals surface area contributed by atoms with Gasteiger partial charge in [0.05, 0.1) is 9.79 Å². The predicted octanol–water partition coefficient (Wildman–Crippen LogP) is 3.68. The van der Waals surface area contributed by atoms with Crippen LogP contribution in [0, 0.1) is 5.82 Å². The Morgan fingerprint density at radius 3 is 2.00 bits per heavy atom. The molecule has 0 aliphatic heterocycles. The molecule has 0 N–H and O–H groups in total. The number of rotatable bonds is 2. The van der Waals surface area contributed by atoms with Crippen LogP contribution >= 0.6 is 0 Å². The van der Waals surface area contributed by atoms with Gasteiger partial charge in [0, 0.05) is 0 Å². The number of benzene rings is 2. The highest BCUT2D eigenvalue weighted by molar-refractivity contribution is 7.91. The van der Waals surface area contributed by atoms with Gasteiger partial charge in [-0.2, -0.15) is 13.2 Å². The molecular weight excluding hydrogens is 296 g/mol. The molecule has 0 saturated heterocycles. The minimum atomic E-state index is -5.09. The second kappa shape index (κ2) is 4.90. The Morgan fingerprint density at radius 2 is 1.45 bits per heavy atom. The van der Waals surface area contributed by atoms with Crippen LogP contribution in [0.5, 0.6) is 0 Å². The van der Waals surface area contributed by atoms with Crippen molar-refractivity contribution in [2.45, 2.75) is 16.0 Å². The van der Waals surface area contributed by atoms with Gasteiger partial charge in [-0.15, -0.1) is 0 Å². The third-order valence-corrected chi connectivity index (χ3v) is 4.41. The van der Waals surface area contributed by atoms with Crippen molar-refractivity contribution in [2.24, 2.45) is 0 Å². The molecule has 0 amide bonds. The average molecular weight is 304 g/mol. The standard InChI is InChI=1S/C13H8F4O2S/c14-10-7-4-8-11(12(10)13(15,16)17)20(18,19)9-5-2-1-3-6-9/h1-8H. The summed E-state index contributed by atoms with van der Waals surface area (Å²) in [7, 11) is -4.44. The van der Waals surface area contributed by atoms with E-state index in [9.17, 15) is 26.0 Å². The maximum Gasteiger partial charge on any atom is 0.420 e. The SMILES string of the molecule is O=S(=O)(c1ccccc1)c1cccc(F)c1C(F)(F)F. The smallest absolute Gasteiger partial charge is 0.218 e. The zero-order valence-electron chi connectivity index (χ0n) is 9.86. The van der Waals surface area contributed by atoms with Crippen molar-refractivity contribution in [1.29, 1.82) is 0 Å². The Bertz CT molecular complexity index is 722. The molecule has 0 spiro atoms. The molecule has 2 nitrogen and oxygen atoms in total. The summed E-state index contributed by atoms with van der Waals surface area (Å²) in [5.41, 5.74) is -1.77. The van der Waals surface area contributed by atoms with E-state index in [-0.39, 0.29) is 4.90 Å². The predicted molar refractivity (Wildman–Crippen MR) is 63.3 cm³/mol. The van der Waals surface area contributed by atoms with Gasteiger partial charge in [-0.05, 0) is 24.3 Å². The monoisotopic (exact) mass is 304 g/mol. The van der Waals surface area contributed by atoms with Crippen LogP contribution in [0.25, 0.3) is 0 Å². The fourth-order valence-corrected chi connectivity index (χ4v) is 3.24. The highest BCUT2D eigenvalue weighted by atomic mass is 32.2. The average Bonchev–Trinajstić information content (AvgIpc) is 2.38. The van der Waals surface area contributed by atoms with Gasteiger partial charge in [0.15, 0.2) is 0 Å². The molecule has 0 aromatic heterocycles. The lowest BCUT2D eigenvalue weighted by atomic mass is 10.2. The van der Waals surface area contributed by atoms with Crippen LogP contribution in [0.1, 0.15) is 5.56 Å². The minimum absolute atomic E-state index is 0.323. The van der Waals surface area contributed by atoms with Gasteiger partial charge in [0.1, 0.15) is 11.4 Å². The fourth-order valence-electron chi connectivity index (χ4n) is 1.73. The van der Waals surface area contributed by atoms with E-state index in [2.05, 4.69) is 0 Å². The second-order valence-electron chi connectivity index (χ2n) is 3.93. The van der Waals surface area contributed by atoms with Crippen molar-refractivity contribution < 1.29 is 26.0 Å². The quantitative estimate of drug-likeness (QED) is 0.793. The normalized spacial score (nSPS) is 12.4. The summed E-state index contributed by atoms with van der Waals surface area (Å²) in [6.07, 6.45) is -5.09. The van der Waals surface area contributed by atoms with Crippen LogP contribution in [-0.4, -0.2) is 8.42 Å². The zero-order valence-corrected chi connectivity index (χ0v) is 10.7. The van der Waals surface area contributed by atoms with Crippen molar-refractivity contribution in [1.82, 2.24) is 0 Å². The molecule has 0 bridgehead atoms. The lowest BCUT2D eigenvalue weighted by Crippen LogP contribution is -2.15. The molecule has 0 aliphatic rings. The molecule has 0 aliphatic carbocycles. The van der Waals surface area contributed by atoms with E-state index in [0.717, 1.165) is 24.3 Å². The molecule has 2 aromatic rings. The van der Waals surface area contributed by atoms with E-state index < -0.39 is 32.3 Å². The van der Waals surface area contributed by atoms with Gasteiger partial charge >= 0.3 is 6.18 Å². The highest BCUT2D eigenvalue weighted by Gasteiger charge is 2.40. The number of hydrogen-bond acceptors (Lipinski definition) is 2. The zero-order chi connectivity index (χ0) is 15.0.